The van der Waals surface area contributed by atoms with E-state index in [-0.39, 0.29) is 17.7 Å². The van der Waals surface area contributed by atoms with E-state index < -0.39 is 18.0 Å². The van der Waals surface area contributed by atoms with Gasteiger partial charge in [-0.15, -0.1) is 0 Å². The number of hydrogen-bond acceptors (Lipinski definition) is 7. The first-order valence-electron chi connectivity index (χ1n) is 10.5. The maximum atomic E-state index is 13.6. The maximum Gasteiger partial charge on any atom is 0.338 e. The number of esters is 2. The van der Waals surface area contributed by atoms with Crippen molar-refractivity contribution in [1.29, 1.82) is 0 Å². The van der Waals surface area contributed by atoms with Crippen molar-refractivity contribution in [3.63, 3.8) is 0 Å². The van der Waals surface area contributed by atoms with Crippen LogP contribution in [0.3, 0.4) is 0 Å². The van der Waals surface area contributed by atoms with Gasteiger partial charge in [0.15, 0.2) is 4.80 Å². The van der Waals surface area contributed by atoms with Gasteiger partial charge in [-0.3, -0.25) is 14.2 Å². The lowest BCUT2D eigenvalue weighted by atomic mass is 9.96. The van der Waals surface area contributed by atoms with Gasteiger partial charge in [-0.2, -0.15) is 0 Å². The van der Waals surface area contributed by atoms with Gasteiger partial charge in [0.05, 0.1) is 22.4 Å². The number of nitrogens with zero attached hydrogens (tertiary/aromatic N) is 2. The van der Waals surface area contributed by atoms with Crippen LogP contribution in [-0.2, 0) is 14.3 Å². The van der Waals surface area contributed by atoms with E-state index in [1.165, 1.54) is 22.8 Å². The Bertz CT molecular complexity index is 1480. The summed E-state index contributed by atoms with van der Waals surface area (Å²) >= 11 is 7.72. The monoisotopic (exact) mass is 496 g/mol. The van der Waals surface area contributed by atoms with Crippen molar-refractivity contribution in [2.75, 3.05) is 6.61 Å². The van der Waals surface area contributed by atoms with E-state index in [9.17, 15) is 14.4 Å². The Kier molecular flexibility index (Phi) is 6.81. The van der Waals surface area contributed by atoms with E-state index in [0.717, 1.165) is 5.56 Å². The predicted molar refractivity (Wildman–Crippen MR) is 130 cm³/mol. The molecule has 0 saturated carbocycles. The number of carbonyl (C=O) groups excluding carboxylic acids is 2. The lowest BCUT2D eigenvalue weighted by molar-refractivity contribution is -0.139. The first-order chi connectivity index (χ1) is 16.3. The van der Waals surface area contributed by atoms with Crippen molar-refractivity contribution in [3.8, 4) is 5.75 Å². The number of halogens is 1. The van der Waals surface area contributed by atoms with Gasteiger partial charge in [0.2, 0.25) is 0 Å². The minimum Gasteiger partial charge on any atom is -0.463 e. The summed E-state index contributed by atoms with van der Waals surface area (Å²) in [6.07, 6.45) is 1.73. The molecule has 0 saturated heterocycles. The Balaban J connectivity index is 1.88. The fourth-order valence-electron chi connectivity index (χ4n) is 3.73. The Hall–Kier alpha value is -3.49. The van der Waals surface area contributed by atoms with Crippen LogP contribution in [-0.4, -0.2) is 23.1 Å². The van der Waals surface area contributed by atoms with Crippen LogP contribution in [0.25, 0.3) is 6.08 Å². The Morgan fingerprint density at radius 1 is 1.18 bits per heavy atom. The predicted octanol–water partition coefficient (Wildman–Crippen LogP) is 3.38. The standard InChI is InChI=1S/C25H21ClN2O5S/c1-4-32-24(31)21-14(2)27-25-28(22(21)18-7-5-6-8-19(18)26)23(30)20(34-25)13-16-9-11-17(12-10-16)33-15(3)29/h5-13,22H,4H2,1-3H3/b20-13-. The molecule has 1 aromatic heterocycles. The summed E-state index contributed by atoms with van der Waals surface area (Å²) in [7, 11) is 0. The van der Waals surface area contributed by atoms with Crippen LogP contribution in [0, 0.1) is 0 Å². The van der Waals surface area contributed by atoms with Gasteiger partial charge < -0.3 is 9.47 Å². The van der Waals surface area contributed by atoms with E-state index >= 15 is 0 Å². The third-order valence-electron chi connectivity index (χ3n) is 5.16. The van der Waals surface area contributed by atoms with E-state index in [1.807, 2.05) is 0 Å². The molecule has 0 amide bonds. The quantitative estimate of drug-likeness (QED) is 0.399. The van der Waals surface area contributed by atoms with Crippen molar-refractivity contribution < 1.29 is 19.1 Å². The summed E-state index contributed by atoms with van der Waals surface area (Å²) < 4.78 is 12.3. The minimum absolute atomic E-state index is 0.193. The fraction of sp³-hybridized carbons (Fsp3) is 0.200. The second kappa shape index (κ2) is 9.79. The zero-order valence-corrected chi connectivity index (χ0v) is 20.3. The molecule has 1 aliphatic heterocycles. The summed E-state index contributed by atoms with van der Waals surface area (Å²) in [5.41, 5.74) is 1.81. The molecule has 2 aromatic carbocycles. The third kappa shape index (κ3) is 4.60. The average molecular weight is 497 g/mol. The largest absolute Gasteiger partial charge is 0.463 e. The van der Waals surface area contributed by atoms with Crippen LogP contribution in [0.2, 0.25) is 5.02 Å². The first kappa shape index (κ1) is 23.7. The molecular formula is C25H21ClN2O5S. The summed E-state index contributed by atoms with van der Waals surface area (Å²) in [6, 6.07) is 13.1. The summed E-state index contributed by atoms with van der Waals surface area (Å²) in [6.45, 7) is 4.97. The van der Waals surface area contributed by atoms with Crippen LogP contribution in [0.5, 0.6) is 5.75 Å². The highest BCUT2D eigenvalue weighted by atomic mass is 35.5. The fourth-order valence-corrected chi connectivity index (χ4v) is 5.02. The van der Waals surface area contributed by atoms with Crippen LogP contribution >= 0.6 is 22.9 Å². The Morgan fingerprint density at radius 2 is 1.88 bits per heavy atom. The van der Waals surface area contributed by atoms with Gasteiger partial charge in [0.25, 0.3) is 5.56 Å². The van der Waals surface area contributed by atoms with Crippen LogP contribution in [0.1, 0.15) is 37.9 Å². The van der Waals surface area contributed by atoms with Crippen molar-refractivity contribution in [2.24, 2.45) is 4.99 Å². The highest BCUT2D eigenvalue weighted by molar-refractivity contribution is 7.07. The minimum atomic E-state index is -0.766. The molecule has 1 atom stereocenters. The van der Waals surface area contributed by atoms with Gasteiger partial charge in [-0.05, 0) is 49.2 Å². The molecule has 2 heterocycles. The van der Waals surface area contributed by atoms with E-state index in [4.69, 9.17) is 21.1 Å². The highest BCUT2D eigenvalue weighted by Gasteiger charge is 2.34. The molecule has 0 fully saturated rings. The number of allylic oxidation sites excluding steroid dienone is 1. The molecule has 4 rings (SSSR count). The van der Waals surface area contributed by atoms with Gasteiger partial charge in [0, 0.05) is 11.9 Å². The lowest BCUT2D eigenvalue weighted by Crippen LogP contribution is -2.40. The van der Waals surface area contributed by atoms with Crippen molar-refractivity contribution >= 4 is 41.0 Å². The highest BCUT2D eigenvalue weighted by Crippen LogP contribution is 2.34. The molecular weight excluding hydrogens is 476 g/mol. The van der Waals surface area contributed by atoms with Gasteiger partial charge >= 0.3 is 11.9 Å². The molecule has 0 aliphatic carbocycles. The van der Waals surface area contributed by atoms with E-state index in [2.05, 4.69) is 4.99 Å². The summed E-state index contributed by atoms with van der Waals surface area (Å²) in [5.74, 6) is -0.531. The summed E-state index contributed by atoms with van der Waals surface area (Å²) in [4.78, 5) is 42.6. The van der Waals surface area contributed by atoms with Gasteiger partial charge in [-0.25, -0.2) is 9.79 Å². The van der Waals surface area contributed by atoms with Crippen molar-refractivity contribution in [3.05, 3.63) is 95.6 Å². The molecule has 0 spiro atoms. The molecule has 0 bridgehead atoms. The smallest absolute Gasteiger partial charge is 0.338 e. The molecule has 7 nitrogen and oxygen atoms in total. The van der Waals surface area contributed by atoms with Gasteiger partial charge in [-0.1, -0.05) is 53.3 Å². The molecule has 0 radical (unpaired) electrons. The average Bonchev–Trinajstić information content (AvgIpc) is 3.09. The number of aromatic nitrogens is 1. The SMILES string of the molecule is CCOC(=O)C1=C(C)N=c2s/c(=C\c3ccc(OC(C)=O)cc3)c(=O)n2C1c1ccccc1Cl. The summed E-state index contributed by atoms with van der Waals surface area (Å²) in [5, 5.41) is 0.430. The number of benzene rings is 2. The van der Waals surface area contributed by atoms with Crippen LogP contribution in [0.4, 0.5) is 0 Å². The Morgan fingerprint density at radius 3 is 2.53 bits per heavy atom. The molecule has 0 N–H and O–H groups in total. The zero-order valence-electron chi connectivity index (χ0n) is 18.7. The van der Waals surface area contributed by atoms with Crippen molar-refractivity contribution in [1.82, 2.24) is 4.57 Å². The zero-order chi connectivity index (χ0) is 24.4. The molecule has 3 aromatic rings. The van der Waals surface area contributed by atoms with E-state index in [0.29, 0.717) is 31.4 Å². The first-order valence-corrected chi connectivity index (χ1v) is 11.7. The number of rotatable bonds is 5. The number of hydrogen-bond donors (Lipinski definition) is 0. The molecule has 34 heavy (non-hydrogen) atoms. The number of fused-ring (bicyclic) bond motifs is 1. The molecule has 9 heteroatoms. The normalized spacial score (nSPS) is 15.5. The number of ether oxygens (including phenoxy) is 2. The maximum absolute atomic E-state index is 13.6. The second-order valence-electron chi connectivity index (χ2n) is 7.49. The topological polar surface area (TPSA) is 87.0 Å². The Labute approximate surface area is 204 Å². The van der Waals surface area contributed by atoms with E-state index in [1.54, 1.807) is 68.5 Å². The molecule has 174 valence electrons. The van der Waals surface area contributed by atoms with Gasteiger partial charge in [0.1, 0.15) is 11.8 Å². The van der Waals surface area contributed by atoms with Crippen molar-refractivity contribution in [2.45, 2.75) is 26.8 Å². The lowest BCUT2D eigenvalue weighted by Gasteiger charge is -2.25. The molecule has 1 unspecified atom stereocenters. The number of thiazole rings is 1. The second-order valence-corrected chi connectivity index (χ2v) is 8.90. The molecule has 1 aliphatic rings. The number of carbonyl (C=O) groups is 2. The van der Waals surface area contributed by atoms with Crippen LogP contribution < -0.4 is 19.6 Å². The van der Waals surface area contributed by atoms with Crippen LogP contribution in [0.15, 0.2) is 69.6 Å². The third-order valence-corrected chi connectivity index (χ3v) is 6.48.